The zero-order chi connectivity index (χ0) is 15.6. The number of aryl methyl sites for hydroxylation is 2. The zero-order valence-corrected chi connectivity index (χ0v) is 12.2. The van der Waals surface area contributed by atoms with Gasteiger partial charge in [0.1, 0.15) is 11.5 Å². The Morgan fingerprint density at radius 2 is 2.10 bits per heavy atom. The summed E-state index contributed by atoms with van der Waals surface area (Å²) in [5.74, 6) is 0.0463. The Balaban J connectivity index is 2.40. The maximum atomic E-state index is 13.7. The van der Waals surface area contributed by atoms with Gasteiger partial charge < -0.3 is 4.90 Å². The average molecular weight is 292 g/mol. The van der Waals surface area contributed by atoms with Crippen LogP contribution in [0.15, 0.2) is 24.3 Å². The third-order valence-corrected chi connectivity index (χ3v) is 3.31. The molecule has 0 saturated carbocycles. The molecule has 0 unspecified atom stereocenters. The Hall–Kier alpha value is -2.44. The van der Waals surface area contributed by atoms with Crippen molar-refractivity contribution in [1.82, 2.24) is 9.78 Å². The Kier molecular flexibility index (Phi) is 4.21. The molecule has 2 aromatic rings. The van der Waals surface area contributed by atoms with E-state index in [2.05, 4.69) is 5.10 Å². The van der Waals surface area contributed by atoms with E-state index in [1.807, 2.05) is 6.92 Å². The van der Waals surface area contributed by atoms with Gasteiger partial charge in [-0.25, -0.2) is 9.07 Å². The van der Waals surface area contributed by atoms with Crippen LogP contribution in [0.2, 0.25) is 0 Å². The molecule has 0 aliphatic rings. The van der Waals surface area contributed by atoms with Gasteiger partial charge in [-0.15, -0.1) is 0 Å². The number of hydrogen-bond acceptors (Lipinski definition) is 4. The molecule has 6 nitrogen and oxygen atoms in total. The van der Waals surface area contributed by atoms with Crippen LogP contribution < -0.4 is 4.90 Å². The van der Waals surface area contributed by atoms with E-state index in [0.29, 0.717) is 23.5 Å². The Morgan fingerprint density at radius 3 is 2.67 bits per heavy atom. The number of halogens is 1. The van der Waals surface area contributed by atoms with Crippen molar-refractivity contribution in [3.63, 3.8) is 0 Å². The first-order valence-corrected chi connectivity index (χ1v) is 6.60. The molecule has 7 heteroatoms. The number of nitro groups is 1. The van der Waals surface area contributed by atoms with Gasteiger partial charge in [0.05, 0.1) is 4.92 Å². The van der Waals surface area contributed by atoms with Crippen molar-refractivity contribution in [3.05, 3.63) is 51.5 Å². The molecule has 0 radical (unpaired) electrons. The minimum absolute atomic E-state index is 0.0150. The van der Waals surface area contributed by atoms with Crippen LogP contribution in [0.3, 0.4) is 0 Å². The quantitative estimate of drug-likeness (QED) is 0.628. The molecule has 0 amide bonds. The lowest BCUT2D eigenvalue weighted by Crippen LogP contribution is -2.21. The van der Waals surface area contributed by atoms with E-state index in [9.17, 15) is 14.5 Å². The highest BCUT2D eigenvalue weighted by Gasteiger charge is 2.28. The molecule has 1 aromatic heterocycles. The topological polar surface area (TPSA) is 64.2 Å². The van der Waals surface area contributed by atoms with E-state index in [1.54, 1.807) is 37.2 Å². The van der Waals surface area contributed by atoms with E-state index in [4.69, 9.17) is 0 Å². The number of hydrogen-bond donors (Lipinski definition) is 0. The average Bonchev–Trinajstić information content (AvgIpc) is 2.78. The summed E-state index contributed by atoms with van der Waals surface area (Å²) < 4.78 is 15.2. The monoisotopic (exact) mass is 292 g/mol. The Labute approximate surface area is 121 Å². The minimum Gasteiger partial charge on any atom is -0.350 e. The van der Waals surface area contributed by atoms with Crippen molar-refractivity contribution < 1.29 is 9.31 Å². The number of anilines is 1. The number of rotatable bonds is 5. The zero-order valence-electron chi connectivity index (χ0n) is 12.2. The molecule has 1 heterocycles. The first-order valence-electron chi connectivity index (χ1n) is 6.60. The molecule has 21 heavy (non-hydrogen) atoms. The largest absolute Gasteiger partial charge is 0.350 e. The lowest BCUT2D eigenvalue weighted by atomic mass is 10.2. The first-order chi connectivity index (χ1) is 9.95. The van der Waals surface area contributed by atoms with Crippen LogP contribution in [0.25, 0.3) is 0 Å². The third kappa shape index (κ3) is 2.86. The van der Waals surface area contributed by atoms with Crippen molar-refractivity contribution in [3.8, 4) is 0 Å². The lowest BCUT2D eigenvalue weighted by Gasteiger charge is -2.18. The predicted octanol–water partition coefficient (Wildman–Crippen LogP) is 2.67. The SMILES string of the molecule is CCc1nn(C)c(N(C)Cc2ccccc2F)c1[N+](=O)[O-]. The third-order valence-electron chi connectivity index (χ3n) is 3.31. The molecule has 0 bridgehead atoms. The Morgan fingerprint density at radius 1 is 1.43 bits per heavy atom. The van der Waals surface area contributed by atoms with Crippen molar-refractivity contribution in [2.24, 2.45) is 7.05 Å². The summed E-state index contributed by atoms with van der Waals surface area (Å²) in [5, 5.41) is 15.5. The number of nitrogens with zero attached hydrogens (tertiary/aromatic N) is 4. The number of benzene rings is 1. The van der Waals surface area contributed by atoms with Gasteiger partial charge in [0.15, 0.2) is 0 Å². The number of aromatic nitrogens is 2. The molecule has 0 aliphatic heterocycles. The summed E-state index contributed by atoms with van der Waals surface area (Å²) in [7, 11) is 3.34. The second-order valence-electron chi connectivity index (χ2n) is 4.80. The Bertz CT molecular complexity index is 669. The van der Waals surface area contributed by atoms with Crippen LogP contribution >= 0.6 is 0 Å². The summed E-state index contributed by atoms with van der Waals surface area (Å²) in [6, 6.07) is 6.38. The maximum Gasteiger partial charge on any atom is 0.334 e. The summed E-state index contributed by atoms with van der Waals surface area (Å²) in [6.45, 7) is 2.05. The van der Waals surface area contributed by atoms with E-state index in [-0.39, 0.29) is 18.0 Å². The highest BCUT2D eigenvalue weighted by Crippen LogP contribution is 2.31. The van der Waals surface area contributed by atoms with Crippen LogP contribution in [0.5, 0.6) is 0 Å². The molecular formula is C14H17FN4O2. The predicted molar refractivity (Wildman–Crippen MR) is 77.7 cm³/mol. The molecule has 0 N–H and O–H groups in total. The van der Waals surface area contributed by atoms with E-state index in [1.165, 1.54) is 10.7 Å². The fourth-order valence-corrected chi connectivity index (χ4v) is 2.37. The molecule has 0 spiro atoms. The molecule has 0 aliphatic carbocycles. The van der Waals surface area contributed by atoms with Gasteiger partial charge in [-0.3, -0.25) is 10.1 Å². The van der Waals surface area contributed by atoms with Gasteiger partial charge in [-0.05, 0) is 12.5 Å². The van der Waals surface area contributed by atoms with Crippen molar-refractivity contribution in [2.45, 2.75) is 19.9 Å². The van der Waals surface area contributed by atoms with Crippen LogP contribution in [-0.2, 0) is 20.0 Å². The van der Waals surface area contributed by atoms with Crippen LogP contribution in [0.4, 0.5) is 15.9 Å². The first kappa shape index (κ1) is 15.0. The van der Waals surface area contributed by atoms with Gasteiger partial charge in [0.25, 0.3) is 0 Å². The van der Waals surface area contributed by atoms with Crippen LogP contribution in [-0.4, -0.2) is 21.8 Å². The fourth-order valence-electron chi connectivity index (χ4n) is 2.37. The highest BCUT2D eigenvalue weighted by atomic mass is 19.1. The molecule has 2 rings (SSSR count). The lowest BCUT2D eigenvalue weighted by molar-refractivity contribution is -0.384. The molecule has 0 saturated heterocycles. The van der Waals surface area contributed by atoms with Gasteiger partial charge in [0.2, 0.25) is 5.82 Å². The van der Waals surface area contributed by atoms with Gasteiger partial charge in [-0.2, -0.15) is 5.10 Å². The molecule has 0 fully saturated rings. The normalized spacial score (nSPS) is 10.7. The summed E-state index contributed by atoms with van der Waals surface area (Å²) in [4.78, 5) is 12.5. The molecular weight excluding hydrogens is 275 g/mol. The van der Waals surface area contributed by atoms with Gasteiger partial charge in [-0.1, -0.05) is 25.1 Å². The van der Waals surface area contributed by atoms with Crippen molar-refractivity contribution in [1.29, 1.82) is 0 Å². The van der Waals surface area contributed by atoms with E-state index < -0.39 is 4.92 Å². The second kappa shape index (κ2) is 5.90. The summed E-state index contributed by atoms with van der Waals surface area (Å²) in [5.41, 5.74) is 0.894. The molecule has 112 valence electrons. The van der Waals surface area contributed by atoms with E-state index in [0.717, 1.165) is 0 Å². The smallest absolute Gasteiger partial charge is 0.334 e. The van der Waals surface area contributed by atoms with Gasteiger partial charge >= 0.3 is 5.69 Å². The molecule has 0 atom stereocenters. The maximum absolute atomic E-state index is 13.7. The van der Waals surface area contributed by atoms with Crippen LogP contribution in [0, 0.1) is 15.9 Å². The molecule has 1 aromatic carbocycles. The highest BCUT2D eigenvalue weighted by molar-refractivity contribution is 5.61. The second-order valence-corrected chi connectivity index (χ2v) is 4.80. The van der Waals surface area contributed by atoms with Crippen molar-refractivity contribution >= 4 is 11.5 Å². The van der Waals surface area contributed by atoms with Crippen molar-refractivity contribution in [2.75, 3.05) is 11.9 Å². The van der Waals surface area contributed by atoms with E-state index >= 15 is 0 Å². The summed E-state index contributed by atoms with van der Waals surface area (Å²) >= 11 is 0. The standard InChI is InChI=1S/C14H17FN4O2/c1-4-12-13(19(20)21)14(18(3)16-12)17(2)9-10-7-5-6-8-11(10)15/h5-8H,4,9H2,1-3H3. The van der Waals surface area contributed by atoms with Crippen LogP contribution in [0.1, 0.15) is 18.2 Å². The minimum atomic E-state index is -0.432. The van der Waals surface area contributed by atoms with Gasteiger partial charge in [0, 0.05) is 26.2 Å². The summed E-state index contributed by atoms with van der Waals surface area (Å²) in [6.07, 6.45) is 0.470. The fraction of sp³-hybridized carbons (Fsp3) is 0.357.